The zero-order chi connectivity index (χ0) is 20.6. The van der Waals surface area contributed by atoms with Gasteiger partial charge in [0.05, 0.1) is 0 Å². The molecule has 1 unspecified atom stereocenters. The number of rotatable bonds is 2. The van der Waals surface area contributed by atoms with Crippen LogP contribution in [0.3, 0.4) is 0 Å². The van der Waals surface area contributed by atoms with E-state index in [9.17, 15) is 9.59 Å². The number of carbonyl (C=O) groups is 2. The number of thiophene rings is 1. The SMILES string of the molecule is CN1C(=O)C(Cc2cc3c(s2)-n2c4ccccc4c4cccc(c42)S3)C(=O)N=C1[Te]. The van der Waals surface area contributed by atoms with Crippen LogP contribution in [0.5, 0.6) is 0 Å². The first kappa shape index (κ1) is 18.6. The van der Waals surface area contributed by atoms with Crippen LogP contribution in [-0.2, 0) is 16.0 Å². The Hall–Kier alpha value is -2.11. The number of aromatic nitrogens is 1. The fraction of sp³-hybridized carbons (Fsp3) is 0.136. The Balaban J connectivity index is 1.48. The summed E-state index contributed by atoms with van der Waals surface area (Å²) in [5.74, 6) is -1.25. The summed E-state index contributed by atoms with van der Waals surface area (Å²) in [5, 5.41) is 3.65. The Morgan fingerprint density at radius 2 is 1.87 bits per heavy atom. The topological polar surface area (TPSA) is 54.7 Å². The summed E-state index contributed by atoms with van der Waals surface area (Å²) in [6.45, 7) is 0. The van der Waals surface area contributed by atoms with E-state index in [1.807, 2.05) is 0 Å². The van der Waals surface area contributed by atoms with E-state index in [-0.39, 0.29) is 11.8 Å². The van der Waals surface area contributed by atoms with E-state index in [4.69, 9.17) is 0 Å². The molecule has 0 saturated carbocycles. The molecule has 2 aromatic heterocycles. The maximum absolute atomic E-state index is 12.7. The van der Waals surface area contributed by atoms with Gasteiger partial charge < -0.3 is 0 Å². The molecule has 2 aliphatic heterocycles. The number of amidine groups is 1. The van der Waals surface area contributed by atoms with Crippen LogP contribution in [0.15, 0.2) is 63.3 Å². The summed E-state index contributed by atoms with van der Waals surface area (Å²) in [5.41, 5.74) is 2.41. The van der Waals surface area contributed by atoms with Crippen LogP contribution in [0.2, 0.25) is 0 Å². The Morgan fingerprint density at radius 1 is 1.07 bits per heavy atom. The second-order valence-corrected chi connectivity index (χ2v) is 10.6. The van der Waals surface area contributed by atoms with Crippen LogP contribution in [0.1, 0.15) is 4.88 Å². The van der Waals surface area contributed by atoms with Crippen LogP contribution < -0.4 is 0 Å². The number of benzene rings is 2. The van der Waals surface area contributed by atoms with Crippen molar-refractivity contribution in [3.63, 3.8) is 0 Å². The number of nitrogens with zero attached hydrogens (tertiary/aromatic N) is 3. The average molecular weight is 544 g/mol. The van der Waals surface area contributed by atoms with Gasteiger partial charge in [-0.25, -0.2) is 0 Å². The molecule has 4 heterocycles. The molecule has 8 heteroatoms. The molecule has 1 atom stereocenters. The minimum absolute atomic E-state index is 0.175. The molecule has 0 saturated heterocycles. The van der Waals surface area contributed by atoms with Crippen LogP contribution in [0, 0.1) is 5.92 Å². The molecule has 1 radical (unpaired) electrons. The van der Waals surface area contributed by atoms with Gasteiger partial charge in [-0.2, -0.15) is 0 Å². The average Bonchev–Trinajstić information content (AvgIpc) is 3.30. The molecule has 30 heavy (non-hydrogen) atoms. The molecule has 147 valence electrons. The molecular formula is C22H14N3O2S2Te. The van der Waals surface area contributed by atoms with E-state index in [0.717, 1.165) is 9.88 Å². The first-order valence-electron chi connectivity index (χ1n) is 9.43. The van der Waals surface area contributed by atoms with E-state index < -0.39 is 5.92 Å². The Morgan fingerprint density at radius 3 is 2.73 bits per heavy atom. The number of amides is 2. The van der Waals surface area contributed by atoms with Gasteiger partial charge in [-0.05, 0) is 0 Å². The second-order valence-electron chi connectivity index (χ2n) is 7.38. The first-order valence-corrected chi connectivity index (χ1v) is 12.2. The summed E-state index contributed by atoms with van der Waals surface area (Å²) in [6.07, 6.45) is 0.386. The number of carbonyl (C=O) groups excluding carboxylic acids is 2. The molecule has 0 fully saturated rings. The van der Waals surface area contributed by atoms with Crippen LogP contribution in [0.4, 0.5) is 0 Å². The Kier molecular flexibility index (Phi) is 4.16. The minimum atomic E-state index is -0.741. The number of aliphatic imine (C=N–C) groups is 1. The van der Waals surface area contributed by atoms with Gasteiger partial charge in [-0.3, -0.25) is 0 Å². The number of fused-ring (bicyclic) bond motifs is 5. The van der Waals surface area contributed by atoms with Gasteiger partial charge in [-0.1, -0.05) is 6.07 Å². The molecule has 6 rings (SSSR count). The summed E-state index contributed by atoms with van der Waals surface area (Å²) < 4.78 is 2.80. The zero-order valence-corrected chi connectivity index (χ0v) is 19.7. The molecule has 0 bridgehead atoms. The van der Waals surface area contributed by atoms with Crippen molar-refractivity contribution in [3.05, 3.63) is 53.4 Å². The van der Waals surface area contributed by atoms with Crippen molar-refractivity contribution in [3.8, 4) is 5.00 Å². The fourth-order valence-corrected chi connectivity index (χ4v) is 7.21. The predicted molar refractivity (Wildman–Crippen MR) is 121 cm³/mol. The molecular weight excluding hydrogens is 530 g/mol. The predicted octanol–water partition coefficient (Wildman–Crippen LogP) is 3.99. The summed E-state index contributed by atoms with van der Waals surface area (Å²) in [4.78, 5) is 34.1. The molecule has 0 aliphatic carbocycles. The summed E-state index contributed by atoms with van der Waals surface area (Å²) >= 11 is 5.03. The third kappa shape index (κ3) is 2.58. The van der Waals surface area contributed by atoms with E-state index in [1.54, 1.807) is 52.4 Å². The van der Waals surface area contributed by atoms with E-state index >= 15 is 0 Å². The molecule has 2 aromatic carbocycles. The molecule has 0 N–H and O–H groups in total. The Bertz CT molecular complexity index is 1440. The van der Waals surface area contributed by atoms with Gasteiger partial charge in [0.25, 0.3) is 0 Å². The third-order valence-electron chi connectivity index (χ3n) is 5.64. The van der Waals surface area contributed by atoms with Gasteiger partial charge in [0, 0.05) is 0 Å². The van der Waals surface area contributed by atoms with Gasteiger partial charge in [0.2, 0.25) is 0 Å². The number of para-hydroxylation sites is 2. The van der Waals surface area contributed by atoms with Crippen molar-refractivity contribution in [2.75, 3.05) is 7.05 Å². The zero-order valence-electron chi connectivity index (χ0n) is 15.8. The third-order valence-corrected chi connectivity index (χ3v) is 9.03. The first-order chi connectivity index (χ1) is 14.5. The fourth-order valence-electron chi connectivity index (χ4n) is 4.20. The molecule has 0 spiro atoms. The normalized spacial score (nSPS) is 18.2. The Labute approximate surface area is 193 Å². The van der Waals surface area contributed by atoms with Gasteiger partial charge in [-0.15, -0.1) is 0 Å². The standard InChI is InChI=1S/C22H14N3O2S2Te/c1-24-20(27)14(19(26)23-22(24)30)9-11-10-17-21(28-11)25-15-7-3-2-5-12(15)13-6-4-8-16(29-17)18(13)25/h2-8,10,14H,9H2,1H3. The molecule has 2 aliphatic rings. The van der Waals surface area contributed by atoms with Gasteiger partial charge >= 0.3 is 188 Å². The molecule has 4 aromatic rings. The van der Waals surface area contributed by atoms with Gasteiger partial charge in [0.1, 0.15) is 0 Å². The van der Waals surface area contributed by atoms with Crippen molar-refractivity contribution in [1.82, 2.24) is 9.47 Å². The van der Waals surface area contributed by atoms with Gasteiger partial charge in [0.15, 0.2) is 0 Å². The van der Waals surface area contributed by atoms with Crippen LogP contribution in [0.25, 0.3) is 26.8 Å². The van der Waals surface area contributed by atoms with E-state index in [2.05, 4.69) is 58.1 Å². The molecule has 5 nitrogen and oxygen atoms in total. The maximum atomic E-state index is 12.7. The number of hydrogen-bond acceptors (Lipinski definition) is 4. The van der Waals surface area contributed by atoms with Crippen molar-refractivity contribution in [1.29, 1.82) is 0 Å². The van der Waals surface area contributed by atoms with E-state index in [0.29, 0.717) is 10.3 Å². The van der Waals surface area contributed by atoms with Crippen LogP contribution >= 0.6 is 23.1 Å². The van der Waals surface area contributed by atoms with E-state index in [1.165, 1.54) is 36.5 Å². The van der Waals surface area contributed by atoms with Crippen molar-refractivity contribution < 1.29 is 9.59 Å². The van der Waals surface area contributed by atoms with Crippen molar-refractivity contribution in [2.24, 2.45) is 10.9 Å². The van der Waals surface area contributed by atoms with Crippen LogP contribution in [-0.4, -0.2) is 54.5 Å². The van der Waals surface area contributed by atoms with Crippen molar-refractivity contribution >= 4 is 82.9 Å². The quantitative estimate of drug-likeness (QED) is 0.250. The molecule has 2 amide bonds. The monoisotopic (exact) mass is 546 g/mol. The van der Waals surface area contributed by atoms with Crippen molar-refractivity contribution in [2.45, 2.75) is 16.2 Å². The number of hydrogen-bond donors (Lipinski definition) is 0. The second kappa shape index (κ2) is 6.69. The summed E-state index contributed by atoms with van der Waals surface area (Å²) in [6, 6.07) is 17.0. The summed E-state index contributed by atoms with van der Waals surface area (Å²) in [7, 11) is 1.68.